The number of allylic oxidation sites excluding steroid dienone is 1. The van der Waals surface area contributed by atoms with Crippen LogP contribution >= 0.6 is 0 Å². The lowest BCUT2D eigenvalue weighted by Crippen LogP contribution is -2.67. The van der Waals surface area contributed by atoms with Crippen molar-refractivity contribution in [1.82, 2.24) is 4.90 Å². The number of ether oxygens (including phenoxy) is 2. The van der Waals surface area contributed by atoms with E-state index in [1.54, 1.807) is 6.92 Å². The normalized spacial score (nSPS) is 47.1. The van der Waals surface area contributed by atoms with Crippen molar-refractivity contribution in [1.29, 1.82) is 0 Å². The molecule has 5 heteroatoms. The minimum absolute atomic E-state index is 0.0139. The van der Waals surface area contributed by atoms with Crippen LogP contribution in [-0.2, 0) is 14.3 Å². The quantitative estimate of drug-likeness (QED) is 0.207. The summed E-state index contributed by atoms with van der Waals surface area (Å²) in [7, 11) is 0. The Morgan fingerprint density at radius 2 is 1.66 bits per heavy atom. The predicted molar refractivity (Wildman–Crippen MR) is 176 cm³/mol. The summed E-state index contributed by atoms with van der Waals surface area (Å²) < 4.78 is 11.5. The monoisotopic (exact) mass is 607 g/mol. The maximum Gasteiger partial charge on any atom is 0.302 e. The second-order valence-electron chi connectivity index (χ2n) is 17.5. The molecule has 0 bridgehead atoms. The first-order chi connectivity index (χ1) is 20.7. The van der Waals surface area contributed by atoms with Gasteiger partial charge in [0.25, 0.3) is 0 Å². The van der Waals surface area contributed by atoms with Gasteiger partial charge in [0.2, 0.25) is 0 Å². The van der Waals surface area contributed by atoms with Crippen molar-refractivity contribution in [2.45, 2.75) is 125 Å². The number of aliphatic hydroxyl groups excluding tert-OH is 1. The van der Waals surface area contributed by atoms with Gasteiger partial charge < -0.3 is 14.6 Å². The van der Waals surface area contributed by atoms with E-state index in [9.17, 15) is 9.90 Å². The lowest BCUT2D eigenvalue weighted by Gasteiger charge is -2.73. The molecule has 5 aliphatic carbocycles. The Balaban J connectivity index is 1.29. The number of aliphatic hydroxyl groups is 1. The first kappa shape index (κ1) is 32.6. The summed E-state index contributed by atoms with van der Waals surface area (Å²) in [4.78, 5) is 14.4. The predicted octanol–water partition coefficient (Wildman–Crippen LogP) is 7.27. The van der Waals surface area contributed by atoms with E-state index in [0.717, 1.165) is 65.0 Å². The van der Waals surface area contributed by atoms with Gasteiger partial charge in [-0.3, -0.25) is 9.69 Å². The Morgan fingerprint density at radius 3 is 2.34 bits per heavy atom. The van der Waals surface area contributed by atoms with Gasteiger partial charge in [0, 0.05) is 30.8 Å². The van der Waals surface area contributed by atoms with Crippen molar-refractivity contribution in [3.8, 4) is 11.8 Å². The van der Waals surface area contributed by atoms with Crippen LogP contribution in [0.5, 0.6) is 0 Å². The number of morpholine rings is 1. The van der Waals surface area contributed by atoms with Crippen LogP contribution < -0.4 is 0 Å². The highest BCUT2D eigenvalue weighted by atomic mass is 16.5. The van der Waals surface area contributed by atoms with Crippen LogP contribution in [0, 0.1) is 68.5 Å². The maximum absolute atomic E-state index is 12.0. The highest BCUT2D eigenvalue weighted by Crippen LogP contribution is 2.78. The molecule has 246 valence electrons. The molecule has 0 unspecified atom stereocenters. The molecule has 6 rings (SSSR count). The molecule has 1 saturated heterocycles. The van der Waals surface area contributed by atoms with Gasteiger partial charge in [-0.15, -0.1) is 0 Å². The molecule has 44 heavy (non-hydrogen) atoms. The summed E-state index contributed by atoms with van der Waals surface area (Å²) in [6.07, 6.45) is 11.0. The molecular weight excluding hydrogens is 546 g/mol. The van der Waals surface area contributed by atoms with E-state index in [1.165, 1.54) is 37.7 Å². The average molecular weight is 608 g/mol. The number of carbonyl (C=O) groups is 1. The molecule has 11 atom stereocenters. The fourth-order valence-electron chi connectivity index (χ4n) is 13.2. The molecule has 6 fully saturated rings. The van der Waals surface area contributed by atoms with Crippen molar-refractivity contribution in [2.75, 3.05) is 32.8 Å². The number of nitrogens with zero attached hydrogens (tertiary/aromatic N) is 1. The van der Waals surface area contributed by atoms with Crippen LogP contribution in [-0.4, -0.2) is 61.0 Å². The second kappa shape index (κ2) is 11.4. The molecule has 5 saturated carbocycles. The van der Waals surface area contributed by atoms with Gasteiger partial charge in [0.05, 0.1) is 19.8 Å². The minimum Gasteiger partial charge on any atom is -0.462 e. The summed E-state index contributed by atoms with van der Waals surface area (Å²) >= 11 is 0. The van der Waals surface area contributed by atoms with Crippen molar-refractivity contribution in [2.24, 2.45) is 56.7 Å². The third-order valence-electron chi connectivity index (χ3n) is 15.6. The van der Waals surface area contributed by atoms with E-state index < -0.39 is 6.10 Å². The molecule has 0 aromatic rings. The molecule has 1 N–H and O–H groups in total. The summed E-state index contributed by atoms with van der Waals surface area (Å²) in [6, 6.07) is 0. The fourth-order valence-corrected chi connectivity index (χ4v) is 13.2. The Labute approximate surface area is 268 Å². The summed E-state index contributed by atoms with van der Waals surface area (Å²) in [5.74, 6) is 9.44. The van der Waals surface area contributed by atoms with Crippen molar-refractivity contribution in [3.05, 3.63) is 12.2 Å². The Hall–Kier alpha value is -1.35. The fraction of sp³-hybridized carbons (Fsp3) is 0.872. The van der Waals surface area contributed by atoms with Gasteiger partial charge in [-0.25, -0.2) is 0 Å². The van der Waals surface area contributed by atoms with Gasteiger partial charge in [-0.1, -0.05) is 58.6 Å². The molecule has 1 aliphatic heterocycles. The molecule has 0 aromatic heterocycles. The molecule has 5 nitrogen and oxygen atoms in total. The Morgan fingerprint density at radius 1 is 0.932 bits per heavy atom. The zero-order valence-corrected chi connectivity index (χ0v) is 29.0. The lowest BCUT2D eigenvalue weighted by atomic mass is 9.32. The summed E-state index contributed by atoms with van der Waals surface area (Å²) in [5.41, 5.74) is 1.91. The zero-order valence-electron chi connectivity index (χ0n) is 29.0. The van der Waals surface area contributed by atoms with Gasteiger partial charge >= 0.3 is 5.97 Å². The first-order valence-corrected chi connectivity index (χ1v) is 18.0. The molecular formula is C39H61NO4. The van der Waals surface area contributed by atoms with E-state index in [4.69, 9.17) is 9.47 Å². The van der Waals surface area contributed by atoms with E-state index in [1.807, 2.05) is 0 Å². The van der Waals surface area contributed by atoms with Crippen LogP contribution in [0.1, 0.15) is 113 Å². The highest BCUT2D eigenvalue weighted by molar-refractivity contribution is 5.66. The number of hydrogen-bond donors (Lipinski definition) is 1. The van der Waals surface area contributed by atoms with E-state index in [0.29, 0.717) is 29.6 Å². The SMILES string of the molecule is C=C(C)[C@@H]1CC[C@]2([C@H](O)C#CCN3CCOCC3)CC[C@]3(C)[C@H](CC[C@@H]4[C@@]5(C)CC[C@H](OC(C)=O)C(C)(C)[C@@H]5CC[C@]43C)[C@@H]12. The number of esters is 1. The van der Waals surface area contributed by atoms with Crippen LogP contribution in [0.25, 0.3) is 0 Å². The van der Waals surface area contributed by atoms with Crippen molar-refractivity contribution >= 4 is 5.97 Å². The largest absolute Gasteiger partial charge is 0.462 e. The van der Waals surface area contributed by atoms with Crippen LogP contribution in [0.3, 0.4) is 0 Å². The van der Waals surface area contributed by atoms with Crippen molar-refractivity contribution < 1.29 is 19.4 Å². The third-order valence-corrected chi connectivity index (χ3v) is 15.6. The molecule has 6 aliphatic rings. The van der Waals surface area contributed by atoms with Gasteiger partial charge in [-0.2, -0.15) is 0 Å². The highest BCUT2D eigenvalue weighted by Gasteiger charge is 2.71. The van der Waals surface area contributed by atoms with E-state index in [2.05, 4.69) is 64.9 Å². The molecule has 0 aromatic carbocycles. The van der Waals surface area contributed by atoms with Crippen LogP contribution in [0.15, 0.2) is 12.2 Å². The smallest absolute Gasteiger partial charge is 0.302 e. The standard InChI is InChI=1S/C39H61NO4/c1-26(2)28-13-18-39(32(42)10-9-21-40-22-24-43-25-23-40)20-19-37(7)29(34(28)39)11-12-31-36(6)16-15-33(44-27(3)41)35(4,5)30(36)14-17-38(31,37)8/h28-34,42H,1,11-25H2,2-8H3/t28-,29+,30-,31+,32+,33-,34+,36-,37+,38+,39+/m0/s1. The molecule has 0 radical (unpaired) electrons. The first-order valence-electron chi connectivity index (χ1n) is 18.0. The lowest BCUT2D eigenvalue weighted by molar-refractivity contribution is -0.253. The molecule has 1 heterocycles. The number of rotatable bonds is 4. The zero-order chi connectivity index (χ0) is 31.7. The average Bonchev–Trinajstić information content (AvgIpc) is 3.37. The van der Waals surface area contributed by atoms with Crippen LogP contribution in [0.4, 0.5) is 0 Å². The Bertz CT molecular complexity index is 1190. The molecule has 0 amide bonds. The topological polar surface area (TPSA) is 59.0 Å². The summed E-state index contributed by atoms with van der Waals surface area (Å²) in [5, 5.41) is 12.0. The maximum atomic E-state index is 12.0. The number of fused-ring (bicyclic) bond motifs is 7. The minimum atomic E-state index is -0.571. The number of carbonyl (C=O) groups excluding carboxylic acids is 1. The van der Waals surface area contributed by atoms with E-state index >= 15 is 0 Å². The van der Waals surface area contributed by atoms with Gasteiger partial charge in [-0.05, 0) is 117 Å². The Kier molecular flexibility index (Phi) is 8.45. The molecule has 0 spiro atoms. The summed E-state index contributed by atoms with van der Waals surface area (Å²) in [6.45, 7) is 25.2. The second-order valence-corrected chi connectivity index (χ2v) is 17.5. The van der Waals surface area contributed by atoms with Crippen LogP contribution in [0.2, 0.25) is 0 Å². The van der Waals surface area contributed by atoms with Gasteiger partial charge in [0.15, 0.2) is 0 Å². The van der Waals surface area contributed by atoms with Gasteiger partial charge in [0.1, 0.15) is 12.2 Å². The number of hydrogen-bond acceptors (Lipinski definition) is 5. The van der Waals surface area contributed by atoms with Crippen molar-refractivity contribution in [3.63, 3.8) is 0 Å². The third kappa shape index (κ3) is 4.78. The van der Waals surface area contributed by atoms with E-state index in [-0.39, 0.29) is 39.1 Å².